The maximum absolute atomic E-state index is 12.5. The van der Waals surface area contributed by atoms with Gasteiger partial charge >= 0.3 is 0 Å². The third-order valence-corrected chi connectivity index (χ3v) is 5.08. The molecular formula is C16H26N2O3. The SMILES string of the molecule is CC1(C)CCCC(CC(=O)N2CC3CCC(=O)NC3C2)O1. The van der Waals surface area contributed by atoms with Crippen LogP contribution >= 0.6 is 0 Å². The summed E-state index contributed by atoms with van der Waals surface area (Å²) in [7, 11) is 0. The number of nitrogens with zero attached hydrogens (tertiary/aromatic N) is 1. The number of amides is 2. The minimum absolute atomic E-state index is 0.0541. The van der Waals surface area contributed by atoms with Gasteiger partial charge in [-0.3, -0.25) is 9.59 Å². The molecule has 0 spiro atoms. The van der Waals surface area contributed by atoms with E-state index in [0.717, 1.165) is 32.2 Å². The summed E-state index contributed by atoms with van der Waals surface area (Å²) < 4.78 is 6.02. The molecule has 5 nitrogen and oxygen atoms in total. The van der Waals surface area contributed by atoms with Gasteiger partial charge < -0.3 is 15.0 Å². The Morgan fingerprint density at radius 3 is 2.95 bits per heavy atom. The van der Waals surface area contributed by atoms with E-state index in [1.165, 1.54) is 0 Å². The second-order valence-electron chi connectivity index (χ2n) is 7.37. The Kier molecular flexibility index (Phi) is 3.95. The van der Waals surface area contributed by atoms with E-state index >= 15 is 0 Å². The molecule has 3 aliphatic heterocycles. The molecule has 0 aromatic carbocycles. The number of hydrogen-bond donors (Lipinski definition) is 1. The molecule has 2 amide bonds. The Balaban J connectivity index is 1.53. The molecule has 5 heteroatoms. The van der Waals surface area contributed by atoms with E-state index in [1.54, 1.807) is 0 Å². The zero-order valence-electron chi connectivity index (χ0n) is 13.1. The molecule has 3 heterocycles. The highest BCUT2D eigenvalue weighted by Crippen LogP contribution is 2.31. The highest BCUT2D eigenvalue weighted by Gasteiger charge is 2.39. The quantitative estimate of drug-likeness (QED) is 0.839. The summed E-state index contributed by atoms with van der Waals surface area (Å²) in [6, 6.07) is 0.166. The predicted octanol–water partition coefficient (Wildman–Crippen LogP) is 1.46. The van der Waals surface area contributed by atoms with Gasteiger partial charge in [0.05, 0.1) is 24.2 Å². The first-order valence-electron chi connectivity index (χ1n) is 8.18. The fraction of sp³-hybridized carbons (Fsp3) is 0.875. The molecular weight excluding hydrogens is 268 g/mol. The van der Waals surface area contributed by atoms with Gasteiger partial charge in [0, 0.05) is 19.5 Å². The number of carbonyl (C=O) groups is 2. The fourth-order valence-electron chi connectivity index (χ4n) is 3.92. The summed E-state index contributed by atoms with van der Waals surface area (Å²) >= 11 is 0. The lowest BCUT2D eigenvalue weighted by molar-refractivity contribution is -0.143. The zero-order valence-corrected chi connectivity index (χ0v) is 13.1. The van der Waals surface area contributed by atoms with Crippen molar-refractivity contribution in [2.75, 3.05) is 13.1 Å². The third kappa shape index (κ3) is 3.39. The summed E-state index contributed by atoms with van der Waals surface area (Å²) in [6.45, 7) is 5.67. The van der Waals surface area contributed by atoms with Crippen molar-refractivity contribution in [3.05, 3.63) is 0 Å². The van der Waals surface area contributed by atoms with Gasteiger partial charge in [-0.25, -0.2) is 0 Å². The molecule has 118 valence electrons. The highest BCUT2D eigenvalue weighted by molar-refractivity contribution is 5.79. The van der Waals surface area contributed by atoms with E-state index < -0.39 is 0 Å². The first-order valence-corrected chi connectivity index (χ1v) is 8.18. The van der Waals surface area contributed by atoms with Crippen LogP contribution in [0, 0.1) is 5.92 Å². The van der Waals surface area contributed by atoms with E-state index in [9.17, 15) is 9.59 Å². The Morgan fingerprint density at radius 2 is 2.19 bits per heavy atom. The smallest absolute Gasteiger partial charge is 0.225 e. The number of rotatable bonds is 2. The van der Waals surface area contributed by atoms with Crippen LogP contribution in [-0.2, 0) is 14.3 Å². The minimum Gasteiger partial charge on any atom is -0.372 e. The maximum Gasteiger partial charge on any atom is 0.225 e. The molecule has 0 aromatic heterocycles. The largest absolute Gasteiger partial charge is 0.372 e. The van der Waals surface area contributed by atoms with Gasteiger partial charge in [0.1, 0.15) is 0 Å². The van der Waals surface area contributed by atoms with Crippen LogP contribution in [0.4, 0.5) is 0 Å². The van der Waals surface area contributed by atoms with Crippen molar-refractivity contribution in [3.8, 4) is 0 Å². The number of fused-ring (bicyclic) bond motifs is 1. The number of likely N-dealkylation sites (tertiary alicyclic amines) is 1. The molecule has 3 aliphatic rings. The van der Waals surface area contributed by atoms with Crippen molar-refractivity contribution in [1.29, 1.82) is 0 Å². The van der Waals surface area contributed by atoms with Crippen molar-refractivity contribution in [1.82, 2.24) is 10.2 Å². The maximum atomic E-state index is 12.5. The molecule has 0 saturated carbocycles. The van der Waals surface area contributed by atoms with E-state index in [1.807, 2.05) is 4.90 Å². The molecule has 3 saturated heterocycles. The molecule has 0 aromatic rings. The molecule has 0 radical (unpaired) electrons. The van der Waals surface area contributed by atoms with Crippen molar-refractivity contribution in [2.45, 2.75) is 70.1 Å². The zero-order chi connectivity index (χ0) is 15.0. The van der Waals surface area contributed by atoms with Crippen LogP contribution < -0.4 is 5.32 Å². The monoisotopic (exact) mass is 294 g/mol. The molecule has 0 bridgehead atoms. The lowest BCUT2D eigenvalue weighted by atomic mass is 9.93. The standard InChI is InChI=1S/C16H26N2O3/c1-16(2)7-3-4-12(21-16)8-15(20)18-9-11-5-6-14(19)17-13(11)10-18/h11-13H,3-10H2,1-2H3,(H,17,19). The van der Waals surface area contributed by atoms with Gasteiger partial charge in [-0.1, -0.05) is 0 Å². The summed E-state index contributed by atoms with van der Waals surface area (Å²) in [4.78, 5) is 25.8. The Morgan fingerprint density at radius 1 is 1.38 bits per heavy atom. The van der Waals surface area contributed by atoms with Crippen molar-refractivity contribution >= 4 is 11.8 Å². The Hall–Kier alpha value is -1.10. The van der Waals surface area contributed by atoms with Crippen LogP contribution in [0.1, 0.15) is 52.4 Å². The van der Waals surface area contributed by atoms with Crippen molar-refractivity contribution < 1.29 is 14.3 Å². The van der Waals surface area contributed by atoms with E-state index in [-0.39, 0.29) is 29.6 Å². The number of ether oxygens (including phenoxy) is 1. The Labute approximate surface area is 126 Å². The predicted molar refractivity (Wildman–Crippen MR) is 78.7 cm³/mol. The normalized spacial score (nSPS) is 35.2. The lowest BCUT2D eigenvalue weighted by Crippen LogP contribution is -2.44. The van der Waals surface area contributed by atoms with Gasteiger partial charge in [0.2, 0.25) is 11.8 Å². The topological polar surface area (TPSA) is 58.6 Å². The number of piperidine rings is 1. The van der Waals surface area contributed by atoms with Crippen LogP contribution in [0.5, 0.6) is 0 Å². The lowest BCUT2D eigenvalue weighted by Gasteiger charge is -2.36. The molecule has 21 heavy (non-hydrogen) atoms. The van der Waals surface area contributed by atoms with E-state index in [2.05, 4.69) is 19.2 Å². The average Bonchev–Trinajstić information content (AvgIpc) is 2.80. The Bertz CT molecular complexity index is 435. The van der Waals surface area contributed by atoms with Gasteiger partial charge in [-0.05, 0) is 45.4 Å². The second-order valence-corrected chi connectivity index (χ2v) is 7.37. The molecule has 3 atom stereocenters. The third-order valence-electron chi connectivity index (χ3n) is 5.08. The van der Waals surface area contributed by atoms with Gasteiger partial charge in [-0.2, -0.15) is 0 Å². The number of carbonyl (C=O) groups excluding carboxylic acids is 2. The number of nitrogens with one attached hydrogen (secondary N) is 1. The molecule has 3 fully saturated rings. The molecule has 3 unspecified atom stereocenters. The number of hydrogen-bond acceptors (Lipinski definition) is 3. The summed E-state index contributed by atoms with van der Waals surface area (Å²) in [5.74, 6) is 0.750. The van der Waals surface area contributed by atoms with Crippen LogP contribution in [0.25, 0.3) is 0 Å². The van der Waals surface area contributed by atoms with Gasteiger partial charge in [-0.15, -0.1) is 0 Å². The summed E-state index contributed by atoms with van der Waals surface area (Å²) in [5, 5.41) is 3.02. The van der Waals surface area contributed by atoms with Crippen LogP contribution in [0.15, 0.2) is 0 Å². The van der Waals surface area contributed by atoms with Crippen LogP contribution in [-0.4, -0.2) is 47.6 Å². The van der Waals surface area contributed by atoms with E-state index in [4.69, 9.17) is 4.74 Å². The van der Waals surface area contributed by atoms with E-state index in [0.29, 0.717) is 25.3 Å². The summed E-state index contributed by atoms with van der Waals surface area (Å²) in [5.41, 5.74) is -0.101. The average molecular weight is 294 g/mol. The highest BCUT2D eigenvalue weighted by atomic mass is 16.5. The van der Waals surface area contributed by atoms with Crippen LogP contribution in [0.2, 0.25) is 0 Å². The fourth-order valence-corrected chi connectivity index (χ4v) is 3.92. The van der Waals surface area contributed by atoms with Gasteiger partial charge in [0.25, 0.3) is 0 Å². The van der Waals surface area contributed by atoms with Crippen LogP contribution in [0.3, 0.4) is 0 Å². The minimum atomic E-state index is -0.101. The van der Waals surface area contributed by atoms with Crippen molar-refractivity contribution in [2.24, 2.45) is 5.92 Å². The summed E-state index contributed by atoms with van der Waals surface area (Å²) in [6.07, 6.45) is 5.22. The molecule has 1 N–H and O–H groups in total. The molecule has 3 rings (SSSR count). The van der Waals surface area contributed by atoms with Crippen molar-refractivity contribution in [3.63, 3.8) is 0 Å². The first kappa shape index (κ1) is 14.8. The van der Waals surface area contributed by atoms with Gasteiger partial charge in [0.15, 0.2) is 0 Å². The second kappa shape index (κ2) is 5.59. The first-order chi connectivity index (χ1) is 9.93. The molecule has 0 aliphatic carbocycles.